The molecule has 0 aliphatic carbocycles. The van der Waals surface area contributed by atoms with Crippen LogP contribution in [0.5, 0.6) is 0 Å². The summed E-state index contributed by atoms with van der Waals surface area (Å²) in [7, 11) is 0. The fourth-order valence-corrected chi connectivity index (χ4v) is 1.96. The summed E-state index contributed by atoms with van der Waals surface area (Å²) >= 11 is 0. The summed E-state index contributed by atoms with van der Waals surface area (Å²) in [6.45, 7) is 4.81. The zero-order valence-corrected chi connectivity index (χ0v) is 11.2. The number of nitrogens with one attached hydrogen (secondary N) is 1. The lowest BCUT2D eigenvalue weighted by atomic mass is 10.1. The minimum absolute atomic E-state index is 0.395. The molecule has 0 saturated heterocycles. The number of anilines is 1. The first kappa shape index (κ1) is 13.1. The number of carbonyl (C=O) groups excluding carboxylic acids is 1. The number of aryl methyl sites for hydroxylation is 2. The van der Waals surface area contributed by atoms with Gasteiger partial charge in [-0.3, -0.25) is 4.79 Å². The molecule has 0 heterocycles. The summed E-state index contributed by atoms with van der Waals surface area (Å²) in [6.07, 6.45) is 0. The van der Waals surface area contributed by atoms with Crippen molar-refractivity contribution in [2.24, 2.45) is 5.73 Å². The molecule has 2 rings (SSSR count). The fraction of sp³-hybridized carbons (Fsp3) is 0.188. The van der Waals surface area contributed by atoms with E-state index in [0.717, 1.165) is 11.3 Å². The van der Waals surface area contributed by atoms with Crippen molar-refractivity contribution in [1.82, 2.24) is 0 Å². The summed E-state index contributed by atoms with van der Waals surface area (Å²) in [5.41, 5.74) is 10.4. The second-order valence-corrected chi connectivity index (χ2v) is 4.74. The number of rotatable bonds is 4. The van der Waals surface area contributed by atoms with Gasteiger partial charge in [-0.15, -0.1) is 0 Å². The molecule has 0 saturated carbocycles. The van der Waals surface area contributed by atoms with E-state index in [9.17, 15) is 4.79 Å². The average Bonchev–Trinajstić information content (AvgIpc) is 2.40. The quantitative estimate of drug-likeness (QED) is 0.881. The molecule has 3 N–H and O–H groups in total. The molecule has 1 amide bonds. The minimum Gasteiger partial charge on any atom is -0.381 e. The van der Waals surface area contributed by atoms with E-state index in [1.54, 1.807) is 6.07 Å². The second-order valence-electron chi connectivity index (χ2n) is 4.74. The Morgan fingerprint density at radius 2 is 1.95 bits per heavy atom. The third-order valence-electron chi connectivity index (χ3n) is 3.09. The standard InChI is InChI=1S/C16H18N2O/c1-11-6-7-12(2)15(8-11)18-10-13-4-3-5-14(9-13)16(17)19/h3-9,18H,10H2,1-2H3,(H2,17,19). The molecule has 0 aromatic heterocycles. The summed E-state index contributed by atoms with van der Waals surface area (Å²) in [5, 5.41) is 3.38. The zero-order chi connectivity index (χ0) is 13.8. The van der Waals surface area contributed by atoms with Crippen LogP contribution in [-0.2, 0) is 6.54 Å². The molecular formula is C16H18N2O. The van der Waals surface area contributed by atoms with Crippen molar-refractivity contribution in [3.05, 3.63) is 64.7 Å². The largest absolute Gasteiger partial charge is 0.381 e. The summed E-state index contributed by atoms with van der Waals surface area (Å²) < 4.78 is 0. The molecule has 0 aliphatic heterocycles. The second kappa shape index (κ2) is 5.57. The van der Waals surface area contributed by atoms with E-state index < -0.39 is 5.91 Å². The van der Waals surface area contributed by atoms with Gasteiger partial charge in [0.1, 0.15) is 0 Å². The number of benzene rings is 2. The van der Waals surface area contributed by atoms with Gasteiger partial charge in [0.05, 0.1) is 0 Å². The summed E-state index contributed by atoms with van der Waals surface area (Å²) in [5.74, 6) is -0.395. The van der Waals surface area contributed by atoms with Gasteiger partial charge in [-0.2, -0.15) is 0 Å². The summed E-state index contributed by atoms with van der Waals surface area (Å²) in [4.78, 5) is 11.1. The van der Waals surface area contributed by atoms with E-state index in [1.807, 2.05) is 18.2 Å². The van der Waals surface area contributed by atoms with E-state index in [0.29, 0.717) is 12.1 Å². The van der Waals surface area contributed by atoms with Gasteiger partial charge in [0.2, 0.25) is 5.91 Å². The Morgan fingerprint density at radius 1 is 1.16 bits per heavy atom. The number of hydrogen-bond acceptors (Lipinski definition) is 2. The predicted octanol–water partition coefficient (Wildman–Crippen LogP) is 3.01. The van der Waals surface area contributed by atoms with Gasteiger partial charge in [-0.25, -0.2) is 0 Å². The van der Waals surface area contributed by atoms with Crippen LogP contribution in [0.3, 0.4) is 0 Å². The number of hydrogen-bond donors (Lipinski definition) is 2. The molecule has 0 radical (unpaired) electrons. The first-order valence-corrected chi connectivity index (χ1v) is 6.26. The van der Waals surface area contributed by atoms with Crippen molar-refractivity contribution in [2.75, 3.05) is 5.32 Å². The Balaban J connectivity index is 2.12. The Kier molecular flexibility index (Phi) is 3.85. The molecule has 3 nitrogen and oxygen atoms in total. The van der Waals surface area contributed by atoms with Gasteiger partial charge in [0.15, 0.2) is 0 Å². The van der Waals surface area contributed by atoms with Crippen LogP contribution in [0, 0.1) is 13.8 Å². The highest BCUT2D eigenvalue weighted by molar-refractivity contribution is 5.92. The lowest BCUT2D eigenvalue weighted by Crippen LogP contribution is -2.11. The van der Waals surface area contributed by atoms with Crippen molar-refractivity contribution in [1.29, 1.82) is 0 Å². The van der Waals surface area contributed by atoms with Gasteiger partial charge in [0.25, 0.3) is 0 Å². The van der Waals surface area contributed by atoms with E-state index in [1.165, 1.54) is 11.1 Å². The molecule has 0 aliphatic rings. The molecule has 3 heteroatoms. The van der Waals surface area contributed by atoms with E-state index in [-0.39, 0.29) is 0 Å². The van der Waals surface area contributed by atoms with Crippen LogP contribution < -0.4 is 11.1 Å². The monoisotopic (exact) mass is 254 g/mol. The maximum Gasteiger partial charge on any atom is 0.248 e. The first-order valence-electron chi connectivity index (χ1n) is 6.26. The number of carbonyl (C=O) groups is 1. The number of amides is 1. The van der Waals surface area contributed by atoms with Crippen molar-refractivity contribution in [3.8, 4) is 0 Å². The van der Waals surface area contributed by atoms with Crippen molar-refractivity contribution < 1.29 is 4.79 Å². The SMILES string of the molecule is Cc1ccc(C)c(NCc2cccc(C(N)=O)c2)c1. The Hall–Kier alpha value is -2.29. The van der Waals surface area contributed by atoms with Crippen LogP contribution in [0.2, 0.25) is 0 Å². The average molecular weight is 254 g/mol. The third-order valence-corrected chi connectivity index (χ3v) is 3.09. The van der Waals surface area contributed by atoms with Gasteiger partial charge in [0, 0.05) is 17.8 Å². The highest BCUT2D eigenvalue weighted by Crippen LogP contribution is 2.17. The van der Waals surface area contributed by atoms with Crippen LogP contribution in [-0.4, -0.2) is 5.91 Å². The van der Waals surface area contributed by atoms with Gasteiger partial charge in [-0.05, 0) is 48.7 Å². The Labute approximate surface area is 113 Å². The third kappa shape index (κ3) is 3.35. The van der Waals surface area contributed by atoms with Crippen LogP contribution >= 0.6 is 0 Å². The van der Waals surface area contributed by atoms with Crippen LogP contribution in [0.25, 0.3) is 0 Å². The molecule has 0 unspecified atom stereocenters. The van der Waals surface area contributed by atoms with Crippen molar-refractivity contribution >= 4 is 11.6 Å². The highest BCUT2D eigenvalue weighted by Gasteiger charge is 2.02. The van der Waals surface area contributed by atoms with E-state index >= 15 is 0 Å². The highest BCUT2D eigenvalue weighted by atomic mass is 16.1. The zero-order valence-electron chi connectivity index (χ0n) is 11.2. The number of nitrogens with two attached hydrogens (primary N) is 1. The molecule has 0 bridgehead atoms. The molecule has 2 aromatic carbocycles. The van der Waals surface area contributed by atoms with Gasteiger partial charge in [-0.1, -0.05) is 24.3 Å². The molecule has 0 atom stereocenters. The van der Waals surface area contributed by atoms with Crippen LogP contribution in [0.15, 0.2) is 42.5 Å². The molecule has 0 fully saturated rings. The van der Waals surface area contributed by atoms with E-state index in [4.69, 9.17) is 5.73 Å². The molecule has 2 aromatic rings. The fourth-order valence-electron chi connectivity index (χ4n) is 1.96. The lowest BCUT2D eigenvalue weighted by molar-refractivity contribution is 0.1000. The van der Waals surface area contributed by atoms with Crippen LogP contribution in [0.1, 0.15) is 27.0 Å². The Morgan fingerprint density at radius 3 is 2.68 bits per heavy atom. The molecule has 98 valence electrons. The normalized spacial score (nSPS) is 10.2. The topological polar surface area (TPSA) is 55.1 Å². The first-order chi connectivity index (χ1) is 9.06. The smallest absolute Gasteiger partial charge is 0.248 e. The van der Waals surface area contributed by atoms with E-state index in [2.05, 4.69) is 37.4 Å². The molecule has 19 heavy (non-hydrogen) atoms. The van der Waals surface area contributed by atoms with Gasteiger partial charge >= 0.3 is 0 Å². The predicted molar refractivity (Wildman–Crippen MR) is 78.2 cm³/mol. The van der Waals surface area contributed by atoms with Crippen molar-refractivity contribution in [3.63, 3.8) is 0 Å². The maximum absolute atomic E-state index is 11.1. The lowest BCUT2D eigenvalue weighted by Gasteiger charge is -2.11. The summed E-state index contributed by atoms with van der Waals surface area (Å²) in [6, 6.07) is 13.7. The molecular weight excluding hydrogens is 236 g/mol. The minimum atomic E-state index is -0.395. The van der Waals surface area contributed by atoms with Crippen molar-refractivity contribution in [2.45, 2.75) is 20.4 Å². The molecule has 0 spiro atoms. The van der Waals surface area contributed by atoms with Gasteiger partial charge < -0.3 is 11.1 Å². The Bertz CT molecular complexity index is 605. The van der Waals surface area contributed by atoms with Crippen LogP contribution in [0.4, 0.5) is 5.69 Å². The maximum atomic E-state index is 11.1. The number of primary amides is 1.